The molecule has 4 aliphatic heterocycles. The third-order valence-electron chi connectivity index (χ3n) is 12.9. The molecule has 7 heterocycles. The number of aromatic nitrogens is 4. The Labute approximate surface area is 341 Å². The number of rotatable bonds is 9. The third kappa shape index (κ3) is 7.23. The molecule has 3 saturated heterocycles. The number of hydrogen-bond donors (Lipinski definition) is 2. The van der Waals surface area contributed by atoms with Crippen LogP contribution in [0.15, 0.2) is 47.5 Å². The topological polar surface area (TPSA) is 183 Å². The van der Waals surface area contributed by atoms with Gasteiger partial charge in [0.25, 0.3) is 17.4 Å². The molecule has 1 aromatic carbocycles. The van der Waals surface area contributed by atoms with Crippen molar-refractivity contribution in [3.63, 3.8) is 0 Å². The van der Waals surface area contributed by atoms with Crippen LogP contribution in [0.5, 0.6) is 0 Å². The minimum atomic E-state index is -0.973. The lowest BCUT2D eigenvalue weighted by atomic mass is 9.95. The molecule has 0 radical (unpaired) electrons. The molecule has 2 N–H and O–H groups in total. The van der Waals surface area contributed by atoms with Gasteiger partial charge in [-0.15, -0.1) is 0 Å². The smallest absolute Gasteiger partial charge is 0.263 e. The lowest BCUT2D eigenvalue weighted by Crippen LogP contribution is -2.54. The maximum Gasteiger partial charge on any atom is 0.263 e. The van der Waals surface area contributed by atoms with Crippen LogP contribution in [-0.4, -0.2) is 111 Å². The number of Topliss-reactive ketones (excluding diaryl/α,β-unsaturated/α-hetero) is 1. The summed E-state index contributed by atoms with van der Waals surface area (Å²) >= 11 is 0. The Kier molecular flexibility index (Phi) is 10.2. The van der Waals surface area contributed by atoms with Crippen molar-refractivity contribution in [2.45, 2.75) is 77.3 Å². The van der Waals surface area contributed by atoms with Crippen LogP contribution in [0.25, 0.3) is 11.0 Å². The average molecular weight is 801 g/mol. The van der Waals surface area contributed by atoms with Crippen LogP contribution in [0.4, 0.5) is 23.1 Å². The van der Waals surface area contributed by atoms with Crippen molar-refractivity contribution in [3.8, 4) is 0 Å². The second-order valence-electron chi connectivity index (χ2n) is 16.5. The lowest BCUT2D eigenvalue weighted by molar-refractivity contribution is -0.136. The maximum absolute atomic E-state index is 13.6. The van der Waals surface area contributed by atoms with E-state index in [1.54, 1.807) is 29.8 Å². The van der Waals surface area contributed by atoms with E-state index in [0.717, 1.165) is 101 Å². The van der Waals surface area contributed by atoms with Gasteiger partial charge >= 0.3 is 0 Å². The van der Waals surface area contributed by atoms with E-state index in [0.29, 0.717) is 45.4 Å². The number of benzene rings is 1. The number of fused-ring (bicyclic) bond motifs is 2. The Balaban J connectivity index is 0.774. The highest BCUT2D eigenvalue weighted by molar-refractivity contribution is 6.23. The molecular weight excluding hydrogens is 753 g/mol. The fourth-order valence-corrected chi connectivity index (χ4v) is 9.65. The second-order valence-corrected chi connectivity index (χ2v) is 16.5. The maximum atomic E-state index is 13.6. The molecule has 0 spiro atoms. The number of aryl methyl sites for hydroxylation is 1. The summed E-state index contributed by atoms with van der Waals surface area (Å²) in [6, 6.07) is 8.35. The number of ketones is 1. The summed E-state index contributed by atoms with van der Waals surface area (Å²) in [7, 11) is 0. The standard InChI is InChI=1S/C43H48N10O6/c1-25-33-23-45-43(48-38(33)52(28-5-3-4-6-28)42(59)37(25)26(2)54)46-35-11-8-30(22-44-35)51-19-17-49(18-20-51)24-27-13-15-50(16-14-27)29-7-9-31-32(21-29)41(58)53(40(31)57)34-10-12-36(55)47-39(34)56/h7-9,11,21-23,27-28,34H,3-6,10,12-20,24H2,1-2H3,(H,47,55,56)(H,44,45,46,48). The Morgan fingerprint density at radius 1 is 0.814 bits per heavy atom. The van der Waals surface area contributed by atoms with Crippen molar-refractivity contribution in [3.05, 3.63) is 75.3 Å². The molecule has 9 rings (SSSR count). The third-order valence-corrected chi connectivity index (χ3v) is 12.9. The largest absolute Gasteiger partial charge is 0.371 e. The monoisotopic (exact) mass is 800 g/mol. The van der Waals surface area contributed by atoms with Gasteiger partial charge in [-0.3, -0.25) is 48.5 Å². The summed E-state index contributed by atoms with van der Waals surface area (Å²) in [5.41, 5.74) is 3.63. The van der Waals surface area contributed by atoms with Crippen molar-refractivity contribution in [2.75, 3.05) is 60.9 Å². The number of carbonyl (C=O) groups excluding carboxylic acids is 5. The highest BCUT2D eigenvalue weighted by Gasteiger charge is 2.45. The molecule has 0 bridgehead atoms. The summed E-state index contributed by atoms with van der Waals surface area (Å²) in [5, 5.41) is 6.17. The molecule has 5 aliphatic rings. The van der Waals surface area contributed by atoms with Crippen LogP contribution >= 0.6 is 0 Å². The van der Waals surface area contributed by atoms with Gasteiger partial charge in [-0.1, -0.05) is 12.8 Å². The molecule has 1 saturated carbocycles. The van der Waals surface area contributed by atoms with Crippen molar-refractivity contribution in [1.82, 2.24) is 34.6 Å². The molecule has 1 unspecified atom stereocenters. The van der Waals surface area contributed by atoms with Gasteiger partial charge in [-0.25, -0.2) is 9.97 Å². The zero-order valence-corrected chi connectivity index (χ0v) is 33.4. The molecule has 4 aromatic rings. The molecule has 16 nitrogen and oxygen atoms in total. The number of imide groups is 2. The highest BCUT2D eigenvalue weighted by atomic mass is 16.2. The molecule has 1 aliphatic carbocycles. The van der Waals surface area contributed by atoms with E-state index in [2.05, 4.69) is 35.3 Å². The first-order chi connectivity index (χ1) is 28.5. The summed E-state index contributed by atoms with van der Waals surface area (Å²) in [6.45, 7) is 9.61. The first-order valence-corrected chi connectivity index (χ1v) is 20.8. The van der Waals surface area contributed by atoms with E-state index in [9.17, 15) is 28.8 Å². The molecular formula is C43H48N10O6. The number of nitrogens with zero attached hydrogens (tertiary/aromatic N) is 8. The number of anilines is 4. The fraction of sp³-hybridized carbons (Fsp3) is 0.465. The van der Waals surface area contributed by atoms with Gasteiger partial charge in [0.1, 0.15) is 17.5 Å². The van der Waals surface area contributed by atoms with Crippen LogP contribution in [0, 0.1) is 12.8 Å². The lowest BCUT2D eigenvalue weighted by Gasteiger charge is -2.40. The minimum Gasteiger partial charge on any atom is -0.371 e. The quantitative estimate of drug-likeness (QED) is 0.183. The molecule has 16 heteroatoms. The molecule has 4 fully saturated rings. The van der Waals surface area contributed by atoms with Crippen LogP contribution in [0.3, 0.4) is 0 Å². The highest BCUT2D eigenvalue weighted by Crippen LogP contribution is 2.34. The normalized spacial score (nSPS) is 20.8. The molecule has 306 valence electrons. The first-order valence-electron chi connectivity index (χ1n) is 20.8. The summed E-state index contributed by atoms with van der Waals surface area (Å²) in [6.07, 6.45) is 9.65. The Morgan fingerprint density at radius 3 is 2.22 bits per heavy atom. The first kappa shape index (κ1) is 38.5. The zero-order valence-electron chi connectivity index (χ0n) is 33.4. The SMILES string of the molecule is CC(=O)c1c(C)c2cnc(Nc3ccc(N4CCN(CC5CCN(c6ccc7c(c6)C(=O)N(C6CCC(=O)NC6=O)C7=O)CC5)CC4)cn3)nc2n(C2CCCC2)c1=O. The van der Waals surface area contributed by atoms with Crippen molar-refractivity contribution < 1.29 is 24.0 Å². The summed E-state index contributed by atoms with van der Waals surface area (Å²) < 4.78 is 1.71. The number of piperidine rings is 2. The number of carbonyl (C=O) groups is 5. The van der Waals surface area contributed by atoms with Crippen molar-refractivity contribution in [1.29, 1.82) is 0 Å². The fourth-order valence-electron chi connectivity index (χ4n) is 9.65. The minimum absolute atomic E-state index is 0.00606. The molecule has 59 heavy (non-hydrogen) atoms. The van der Waals surface area contributed by atoms with Gasteiger partial charge in [0, 0.05) is 75.5 Å². The van der Waals surface area contributed by atoms with Gasteiger partial charge in [0.15, 0.2) is 5.78 Å². The Hall–Kier alpha value is -6.03. The van der Waals surface area contributed by atoms with Gasteiger partial charge in [-0.2, -0.15) is 4.98 Å². The van der Waals surface area contributed by atoms with Gasteiger partial charge < -0.3 is 15.1 Å². The summed E-state index contributed by atoms with van der Waals surface area (Å²) in [4.78, 5) is 98.8. The predicted molar refractivity (Wildman–Crippen MR) is 220 cm³/mol. The number of amides is 4. The van der Waals surface area contributed by atoms with Gasteiger partial charge in [-0.05, 0) is 87.8 Å². The summed E-state index contributed by atoms with van der Waals surface area (Å²) in [5.74, 6) is -0.724. The van der Waals surface area contributed by atoms with E-state index in [-0.39, 0.29) is 35.8 Å². The molecule has 1 atom stereocenters. The van der Waals surface area contributed by atoms with Crippen LogP contribution in [0.2, 0.25) is 0 Å². The second kappa shape index (κ2) is 15.6. The van der Waals surface area contributed by atoms with Gasteiger partial charge in [0.05, 0.1) is 28.6 Å². The van der Waals surface area contributed by atoms with E-state index in [1.165, 1.54) is 6.92 Å². The number of nitrogens with one attached hydrogen (secondary N) is 2. The van der Waals surface area contributed by atoms with Crippen LogP contribution < -0.4 is 26.0 Å². The Bertz CT molecular complexity index is 2430. The van der Waals surface area contributed by atoms with Crippen molar-refractivity contribution >= 4 is 63.6 Å². The number of pyridine rings is 2. The molecule has 3 aromatic heterocycles. The van der Waals surface area contributed by atoms with E-state index in [1.807, 2.05) is 24.4 Å². The predicted octanol–water partition coefficient (Wildman–Crippen LogP) is 4.00. The van der Waals surface area contributed by atoms with Crippen LogP contribution in [-0.2, 0) is 9.59 Å². The van der Waals surface area contributed by atoms with E-state index >= 15 is 0 Å². The average Bonchev–Trinajstić information content (AvgIpc) is 3.85. The Morgan fingerprint density at radius 2 is 1.53 bits per heavy atom. The zero-order chi connectivity index (χ0) is 40.9. The van der Waals surface area contributed by atoms with Gasteiger partial charge in [0.2, 0.25) is 17.8 Å². The van der Waals surface area contributed by atoms with Crippen molar-refractivity contribution in [2.24, 2.45) is 5.92 Å². The van der Waals surface area contributed by atoms with E-state index in [4.69, 9.17) is 4.98 Å². The van der Waals surface area contributed by atoms with E-state index < -0.39 is 29.7 Å². The molecule has 4 amide bonds. The van der Waals surface area contributed by atoms with Crippen LogP contribution in [0.1, 0.15) is 101 Å². The number of hydrogen-bond acceptors (Lipinski definition) is 13. The number of piperazine rings is 1.